The van der Waals surface area contributed by atoms with Crippen LogP contribution in [0.2, 0.25) is 0 Å². The summed E-state index contributed by atoms with van der Waals surface area (Å²) in [6.07, 6.45) is 2.12. The third-order valence-electron chi connectivity index (χ3n) is 3.15. The first kappa shape index (κ1) is 14.0. The predicted molar refractivity (Wildman–Crippen MR) is 72.4 cm³/mol. The molecule has 0 aliphatic carbocycles. The number of carbonyl (C=O) groups is 2. The van der Waals surface area contributed by atoms with Gasteiger partial charge in [-0.15, -0.1) is 11.3 Å². The first-order valence-electron chi connectivity index (χ1n) is 6.47. The van der Waals surface area contributed by atoms with Crippen molar-refractivity contribution in [2.45, 2.75) is 39.2 Å². The molecule has 1 atom stereocenters. The number of carbonyl (C=O) groups excluding carboxylic acids is 1. The average molecular weight is 282 g/mol. The van der Waals surface area contributed by atoms with E-state index in [1.54, 1.807) is 5.38 Å². The summed E-state index contributed by atoms with van der Waals surface area (Å²) in [6, 6.07) is -0.692. The Bertz CT molecular complexity index is 484. The summed E-state index contributed by atoms with van der Waals surface area (Å²) < 4.78 is 0. The van der Waals surface area contributed by atoms with Gasteiger partial charge in [-0.25, -0.2) is 9.78 Å². The maximum atomic E-state index is 12.3. The first-order valence-corrected chi connectivity index (χ1v) is 7.35. The summed E-state index contributed by atoms with van der Waals surface area (Å²) in [4.78, 5) is 29.1. The second kappa shape index (κ2) is 5.69. The van der Waals surface area contributed by atoms with Crippen LogP contribution in [0, 0.1) is 5.92 Å². The van der Waals surface area contributed by atoms with Gasteiger partial charge in [0, 0.05) is 18.3 Å². The molecule has 1 amide bonds. The molecule has 1 aliphatic heterocycles. The number of carboxylic acids is 1. The van der Waals surface area contributed by atoms with Crippen LogP contribution in [0.5, 0.6) is 0 Å². The average Bonchev–Trinajstić information content (AvgIpc) is 2.94. The molecule has 1 N–H and O–H groups in total. The number of rotatable bonds is 4. The number of aromatic nitrogens is 1. The molecule has 0 saturated carbocycles. The number of hydrogen-bond acceptors (Lipinski definition) is 4. The lowest BCUT2D eigenvalue weighted by Gasteiger charge is -2.20. The van der Waals surface area contributed by atoms with E-state index in [9.17, 15) is 9.59 Å². The highest BCUT2D eigenvalue weighted by Crippen LogP contribution is 2.22. The molecule has 0 aromatic carbocycles. The minimum atomic E-state index is -0.927. The molecule has 19 heavy (non-hydrogen) atoms. The fourth-order valence-electron chi connectivity index (χ4n) is 2.27. The normalized spacial score (nSPS) is 19.1. The van der Waals surface area contributed by atoms with Gasteiger partial charge in [0.25, 0.3) is 5.91 Å². The Kier molecular flexibility index (Phi) is 4.19. The Morgan fingerprint density at radius 1 is 1.58 bits per heavy atom. The zero-order chi connectivity index (χ0) is 14.0. The van der Waals surface area contributed by atoms with Crippen molar-refractivity contribution in [3.63, 3.8) is 0 Å². The second-order valence-electron chi connectivity index (χ2n) is 5.22. The molecule has 5 nitrogen and oxygen atoms in total. The quantitative estimate of drug-likeness (QED) is 0.917. The summed E-state index contributed by atoms with van der Waals surface area (Å²) in [7, 11) is 0. The van der Waals surface area contributed by atoms with Crippen molar-refractivity contribution >= 4 is 23.2 Å². The van der Waals surface area contributed by atoms with Gasteiger partial charge in [-0.05, 0) is 18.8 Å². The zero-order valence-corrected chi connectivity index (χ0v) is 11.9. The molecular formula is C13H18N2O3S. The van der Waals surface area contributed by atoms with Crippen molar-refractivity contribution < 1.29 is 14.7 Å². The summed E-state index contributed by atoms with van der Waals surface area (Å²) in [5.74, 6) is -0.688. The third-order valence-corrected chi connectivity index (χ3v) is 4.02. The van der Waals surface area contributed by atoms with Crippen LogP contribution in [0.15, 0.2) is 5.38 Å². The van der Waals surface area contributed by atoms with Crippen molar-refractivity contribution in [1.29, 1.82) is 0 Å². The van der Waals surface area contributed by atoms with Crippen molar-refractivity contribution in [2.24, 2.45) is 5.92 Å². The summed E-state index contributed by atoms with van der Waals surface area (Å²) in [5, 5.41) is 11.8. The molecule has 1 aromatic heterocycles. The minimum Gasteiger partial charge on any atom is -0.480 e. The first-order chi connectivity index (χ1) is 8.99. The number of nitrogens with zero attached hydrogens (tertiary/aromatic N) is 2. The molecule has 104 valence electrons. The number of hydrogen-bond donors (Lipinski definition) is 1. The van der Waals surface area contributed by atoms with E-state index in [1.165, 1.54) is 16.2 Å². The molecule has 2 rings (SSSR count). The maximum absolute atomic E-state index is 12.3. The van der Waals surface area contributed by atoms with Gasteiger partial charge in [0.05, 0.1) is 5.01 Å². The monoisotopic (exact) mass is 282 g/mol. The van der Waals surface area contributed by atoms with E-state index in [-0.39, 0.29) is 5.91 Å². The highest BCUT2D eigenvalue weighted by molar-refractivity contribution is 7.09. The Morgan fingerprint density at radius 2 is 2.32 bits per heavy atom. The highest BCUT2D eigenvalue weighted by atomic mass is 32.1. The van der Waals surface area contributed by atoms with Crippen LogP contribution in [-0.4, -0.2) is 39.5 Å². The van der Waals surface area contributed by atoms with Gasteiger partial charge in [-0.3, -0.25) is 4.79 Å². The zero-order valence-electron chi connectivity index (χ0n) is 11.1. The molecule has 1 saturated heterocycles. The van der Waals surface area contributed by atoms with Gasteiger partial charge >= 0.3 is 5.97 Å². The van der Waals surface area contributed by atoms with Crippen molar-refractivity contribution in [3.05, 3.63) is 16.1 Å². The van der Waals surface area contributed by atoms with E-state index in [0.717, 1.165) is 17.8 Å². The van der Waals surface area contributed by atoms with E-state index in [1.807, 2.05) is 0 Å². The largest absolute Gasteiger partial charge is 0.480 e. The van der Waals surface area contributed by atoms with Gasteiger partial charge in [0.2, 0.25) is 0 Å². The standard InChI is InChI=1S/C13H18N2O3S/c1-8(2)6-11-14-9(7-19-11)12(16)15-5-3-4-10(15)13(17)18/h7-8,10H,3-6H2,1-2H3,(H,17,18)/t10-/m1/s1. The van der Waals surface area contributed by atoms with Gasteiger partial charge in [0.1, 0.15) is 11.7 Å². The Labute approximate surface area is 116 Å². The lowest BCUT2D eigenvalue weighted by atomic mass is 10.1. The van der Waals surface area contributed by atoms with Crippen molar-refractivity contribution in [3.8, 4) is 0 Å². The third kappa shape index (κ3) is 3.12. The van der Waals surface area contributed by atoms with Gasteiger partial charge < -0.3 is 10.0 Å². The number of thiazole rings is 1. The van der Waals surface area contributed by atoms with Gasteiger partial charge in [0.15, 0.2) is 0 Å². The smallest absolute Gasteiger partial charge is 0.326 e. The fraction of sp³-hybridized carbons (Fsp3) is 0.615. The molecule has 0 spiro atoms. The van der Waals surface area contributed by atoms with Crippen LogP contribution in [0.25, 0.3) is 0 Å². The molecule has 0 bridgehead atoms. The van der Waals surface area contributed by atoms with Gasteiger partial charge in [-0.2, -0.15) is 0 Å². The summed E-state index contributed by atoms with van der Waals surface area (Å²) >= 11 is 1.47. The number of likely N-dealkylation sites (tertiary alicyclic amines) is 1. The lowest BCUT2D eigenvalue weighted by Crippen LogP contribution is -2.40. The molecule has 0 unspecified atom stereocenters. The highest BCUT2D eigenvalue weighted by Gasteiger charge is 2.35. The SMILES string of the molecule is CC(C)Cc1nc(C(=O)N2CCC[C@@H]2C(=O)O)cs1. The van der Waals surface area contributed by atoms with Crippen LogP contribution >= 0.6 is 11.3 Å². The van der Waals surface area contributed by atoms with E-state index >= 15 is 0 Å². The Balaban J connectivity index is 2.11. The van der Waals surface area contributed by atoms with Crippen LogP contribution < -0.4 is 0 Å². The van der Waals surface area contributed by atoms with E-state index in [4.69, 9.17) is 5.11 Å². The second-order valence-corrected chi connectivity index (χ2v) is 6.16. The number of amides is 1. The summed E-state index contributed by atoms with van der Waals surface area (Å²) in [5.41, 5.74) is 0.383. The Hall–Kier alpha value is -1.43. The van der Waals surface area contributed by atoms with E-state index in [2.05, 4.69) is 18.8 Å². The molecule has 0 radical (unpaired) electrons. The van der Waals surface area contributed by atoms with Crippen LogP contribution in [0.4, 0.5) is 0 Å². The minimum absolute atomic E-state index is 0.254. The molecule has 2 heterocycles. The number of aliphatic carboxylic acids is 1. The Morgan fingerprint density at radius 3 is 2.95 bits per heavy atom. The fourth-order valence-corrected chi connectivity index (χ4v) is 3.25. The number of carboxylic acid groups (broad SMARTS) is 1. The van der Waals surface area contributed by atoms with Crippen LogP contribution in [-0.2, 0) is 11.2 Å². The molecule has 1 fully saturated rings. The molecule has 6 heteroatoms. The van der Waals surface area contributed by atoms with Gasteiger partial charge in [-0.1, -0.05) is 13.8 Å². The van der Waals surface area contributed by atoms with Crippen molar-refractivity contribution in [1.82, 2.24) is 9.88 Å². The topological polar surface area (TPSA) is 70.5 Å². The van der Waals surface area contributed by atoms with Crippen LogP contribution in [0.1, 0.15) is 42.2 Å². The van der Waals surface area contributed by atoms with E-state index < -0.39 is 12.0 Å². The van der Waals surface area contributed by atoms with Crippen molar-refractivity contribution in [2.75, 3.05) is 6.54 Å². The van der Waals surface area contributed by atoms with Crippen LogP contribution in [0.3, 0.4) is 0 Å². The maximum Gasteiger partial charge on any atom is 0.326 e. The molecule has 1 aromatic rings. The lowest BCUT2D eigenvalue weighted by molar-refractivity contribution is -0.141. The molecular weight excluding hydrogens is 264 g/mol. The molecule has 1 aliphatic rings. The predicted octanol–water partition coefficient (Wildman–Crippen LogP) is 2.03. The summed E-state index contributed by atoms with van der Waals surface area (Å²) in [6.45, 7) is 4.71. The van der Waals surface area contributed by atoms with E-state index in [0.29, 0.717) is 24.6 Å².